The summed E-state index contributed by atoms with van der Waals surface area (Å²) in [5, 5.41) is 11.3. The molecule has 3 aliphatic rings. The van der Waals surface area contributed by atoms with Crippen molar-refractivity contribution in [3.05, 3.63) is 0 Å². The van der Waals surface area contributed by atoms with Crippen molar-refractivity contribution in [2.24, 2.45) is 16.6 Å². The van der Waals surface area contributed by atoms with E-state index in [0.717, 1.165) is 38.5 Å². The summed E-state index contributed by atoms with van der Waals surface area (Å²) in [5.41, 5.74) is 5.57. The molecular weight excluding hydrogens is 226 g/mol. The van der Waals surface area contributed by atoms with Crippen LogP contribution in [0.25, 0.3) is 0 Å². The van der Waals surface area contributed by atoms with Gasteiger partial charge in [0, 0.05) is 12.0 Å². The molecule has 3 N–H and O–H groups in total. The molecule has 3 nitrogen and oxygen atoms in total. The number of nitrogens with two attached hydrogens (primary N) is 1. The Hall–Kier alpha value is -0.120. The van der Waals surface area contributed by atoms with Gasteiger partial charge >= 0.3 is 0 Å². The van der Waals surface area contributed by atoms with Crippen LogP contribution in [0.15, 0.2) is 0 Å². The summed E-state index contributed by atoms with van der Waals surface area (Å²) < 4.78 is 6.03. The largest absolute Gasteiger partial charge is 0.389 e. The average Bonchev–Trinajstić information content (AvgIpc) is 2.87. The number of hydrogen-bond acceptors (Lipinski definition) is 3. The lowest BCUT2D eigenvalue weighted by atomic mass is 9.54. The average molecular weight is 253 g/mol. The van der Waals surface area contributed by atoms with Gasteiger partial charge in [-0.3, -0.25) is 0 Å². The van der Waals surface area contributed by atoms with Crippen molar-refractivity contribution in [3.8, 4) is 0 Å². The Morgan fingerprint density at radius 3 is 2.56 bits per heavy atom. The Balaban J connectivity index is 1.91. The third-order valence-corrected chi connectivity index (χ3v) is 5.82. The zero-order valence-electron chi connectivity index (χ0n) is 11.7. The highest BCUT2D eigenvalue weighted by molar-refractivity contribution is 5.13. The van der Waals surface area contributed by atoms with Crippen LogP contribution in [0.3, 0.4) is 0 Å². The second-order valence-electron chi connectivity index (χ2n) is 7.61. The zero-order valence-corrected chi connectivity index (χ0v) is 11.7. The van der Waals surface area contributed by atoms with Crippen LogP contribution in [0.4, 0.5) is 0 Å². The molecule has 3 rings (SSSR count). The van der Waals surface area contributed by atoms with Gasteiger partial charge in [-0.15, -0.1) is 0 Å². The lowest BCUT2D eigenvalue weighted by molar-refractivity contribution is -0.152. The van der Waals surface area contributed by atoms with E-state index in [9.17, 15) is 5.11 Å². The molecule has 0 spiro atoms. The number of aliphatic hydroxyl groups is 1. The highest BCUT2D eigenvalue weighted by Gasteiger charge is 2.63. The molecule has 104 valence electrons. The molecule has 2 bridgehead atoms. The smallest absolute Gasteiger partial charge is 0.0746 e. The van der Waals surface area contributed by atoms with Gasteiger partial charge in [0.15, 0.2) is 0 Å². The van der Waals surface area contributed by atoms with Gasteiger partial charge in [-0.25, -0.2) is 0 Å². The fraction of sp³-hybridized carbons (Fsp3) is 1.00. The summed E-state index contributed by atoms with van der Waals surface area (Å²) in [6.45, 7) is 5.12. The van der Waals surface area contributed by atoms with Crippen molar-refractivity contribution < 1.29 is 9.84 Å². The Bertz CT molecular complexity index is 343. The molecule has 2 heterocycles. The van der Waals surface area contributed by atoms with Crippen LogP contribution in [0.2, 0.25) is 0 Å². The topological polar surface area (TPSA) is 55.5 Å². The van der Waals surface area contributed by atoms with E-state index < -0.39 is 5.60 Å². The molecular formula is C15H27NO2. The first-order valence-corrected chi connectivity index (χ1v) is 7.49. The molecule has 2 aliphatic heterocycles. The molecule has 2 saturated heterocycles. The molecule has 18 heavy (non-hydrogen) atoms. The van der Waals surface area contributed by atoms with E-state index in [-0.39, 0.29) is 16.9 Å². The standard InChI is InChI=1S/C15H27NO2/c1-13(2)6-3-7-15(17,9-13)14(10-16)8-11-4-5-12(14)18-11/h11-12,17H,3-10,16H2,1-2H3. The predicted octanol–water partition coefficient (Wildman–Crippen LogP) is 2.21. The van der Waals surface area contributed by atoms with Crippen LogP contribution in [0.5, 0.6) is 0 Å². The first-order chi connectivity index (χ1) is 8.41. The van der Waals surface area contributed by atoms with Crippen molar-refractivity contribution in [2.45, 2.75) is 76.6 Å². The number of rotatable bonds is 2. The summed E-state index contributed by atoms with van der Waals surface area (Å²) >= 11 is 0. The minimum absolute atomic E-state index is 0.173. The van der Waals surface area contributed by atoms with Gasteiger partial charge in [0.05, 0.1) is 17.8 Å². The predicted molar refractivity (Wildman–Crippen MR) is 71.2 cm³/mol. The molecule has 3 fully saturated rings. The van der Waals surface area contributed by atoms with Crippen LogP contribution in [0.1, 0.15) is 58.8 Å². The van der Waals surface area contributed by atoms with E-state index in [1.165, 1.54) is 6.42 Å². The molecule has 0 aromatic heterocycles. The molecule has 3 heteroatoms. The second-order valence-corrected chi connectivity index (χ2v) is 7.61. The maximum Gasteiger partial charge on any atom is 0.0746 e. The maximum atomic E-state index is 11.3. The molecule has 4 unspecified atom stereocenters. The van der Waals surface area contributed by atoms with E-state index in [2.05, 4.69) is 13.8 Å². The first-order valence-electron chi connectivity index (χ1n) is 7.49. The van der Waals surface area contributed by atoms with Gasteiger partial charge in [-0.1, -0.05) is 20.3 Å². The fourth-order valence-electron chi connectivity index (χ4n) is 4.95. The third-order valence-electron chi connectivity index (χ3n) is 5.82. The van der Waals surface area contributed by atoms with Crippen molar-refractivity contribution in [1.29, 1.82) is 0 Å². The number of ether oxygens (including phenoxy) is 1. The minimum Gasteiger partial charge on any atom is -0.389 e. The van der Waals surface area contributed by atoms with Crippen molar-refractivity contribution >= 4 is 0 Å². The zero-order chi connectivity index (χ0) is 13.0. The van der Waals surface area contributed by atoms with Gasteiger partial charge in [0.1, 0.15) is 0 Å². The normalized spacial score (nSPS) is 50.7. The van der Waals surface area contributed by atoms with Gasteiger partial charge in [-0.2, -0.15) is 0 Å². The lowest BCUT2D eigenvalue weighted by Crippen LogP contribution is -2.60. The molecule has 1 saturated carbocycles. The van der Waals surface area contributed by atoms with Crippen LogP contribution < -0.4 is 5.73 Å². The SMILES string of the molecule is CC1(C)CCCC(O)(C2(CN)CC3CCC2O3)C1. The molecule has 4 atom stereocenters. The summed E-state index contributed by atoms with van der Waals surface area (Å²) in [6.07, 6.45) is 7.88. The lowest BCUT2D eigenvalue weighted by Gasteiger charge is -2.53. The highest BCUT2D eigenvalue weighted by atomic mass is 16.5. The molecule has 0 aromatic carbocycles. The van der Waals surface area contributed by atoms with Crippen LogP contribution in [-0.4, -0.2) is 29.5 Å². The first kappa shape index (κ1) is 12.9. The summed E-state index contributed by atoms with van der Waals surface area (Å²) in [5.74, 6) is 0. The van der Waals surface area contributed by atoms with Crippen molar-refractivity contribution in [3.63, 3.8) is 0 Å². The van der Waals surface area contributed by atoms with E-state index in [1.807, 2.05) is 0 Å². The number of hydrogen-bond donors (Lipinski definition) is 2. The quantitative estimate of drug-likeness (QED) is 0.793. The van der Waals surface area contributed by atoms with Gasteiger partial charge in [0.25, 0.3) is 0 Å². The third kappa shape index (κ3) is 1.67. The van der Waals surface area contributed by atoms with Crippen LogP contribution in [-0.2, 0) is 4.74 Å². The van der Waals surface area contributed by atoms with Gasteiger partial charge < -0.3 is 15.6 Å². The maximum absolute atomic E-state index is 11.3. The Morgan fingerprint density at radius 1 is 1.28 bits per heavy atom. The monoisotopic (exact) mass is 253 g/mol. The minimum atomic E-state index is -0.608. The van der Waals surface area contributed by atoms with E-state index in [1.54, 1.807) is 0 Å². The second kappa shape index (κ2) is 3.94. The van der Waals surface area contributed by atoms with Crippen molar-refractivity contribution in [1.82, 2.24) is 0 Å². The van der Waals surface area contributed by atoms with Gasteiger partial charge in [0.2, 0.25) is 0 Å². The summed E-state index contributed by atoms with van der Waals surface area (Å²) in [4.78, 5) is 0. The molecule has 0 amide bonds. The van der Waals surface area contributed by atoms with E-state index >= 15 is 0 Å². The van der Waals surface area contributed by atoms with Crippen molar-refractivity contribution in [2.75, 3.05) is 6.54 Å². The van der Waals surface area contributed by atoms with Crippen LogP contribution >= 0.6 is 0 Å². The van der Waals surface area contributed by atoms with Crippen LogP contribution in [0, 0.1) is 10.8 Å². The molecule has 0 radical (unpaired) electrons. The fourth-order valence-corrected chi connectivity index (χ4v) is 4.95. The Morgan fingerprint density at radius 2 is 2.06 bits per heavy atom. The van der Waals surface area contributed by atoms with E-state index in [4.69, 9.17) is 10.5 Å². The Kier molecular flexibility index (Phi) is 2.82. The Labute approximate surface area is 110 Å². The summed E-state index contributed by atoms with van der Waals surface area (Å²) in [7, 11) is 0. The highest BCUT2D eigenvalue weighted by Crippen LogP contribution is 2.59. The molecule has 1 aliphatic carbocycles. The molecule has 0 aromatic rings. The summed E-state index contributed by atoms with van der Waals surface area (Å²) in [6, 6.07) is 0. The van der Waals surface area contributed by atoms with E-state index in [0.29, 0.717) is 12.6 Å². The number of fused-ring (bicyclic) bond motifs is 2. The van der Waals surface area contributed by atoms with Gasteiger partial charge in [-0.05, 0) is 43.9 Å².